The van der Waals surface area contributed by atoms with Gasteiger partial charge in [-0.3, -0.25) is 0 Å². The number of benzene rings is 1. The van der Waals surface area contributed by atoms with Crippen LogP contribution in [0.15, 0.2) is 48.8 Å². The van der Waals surface area contributed by atoms with Gasteiger partial charge in [0.2, 0.25) is 5.88 Å². The van der Waals surface area contributed by atoms with Crippen LogP contribution in [0.4, 0.5) is 4.39 Å². The second-order valence-electron chi connectivity index (χ2n) is 6.00. The van der Waals surface area contributed by atoms with Crippen LogP contribution in [0, 0.1) is 12.7 Å². The van der Waals surface area contributed by atoms with Gasteiger partial charge in [0.1, 0.15) is 23.1 Å². The fourth-order valence-corrected chi connectivity index (χ4v) is 3.49. The van der Waals surface area contributed by atoms with E-state index in [1.165, 1.54) is 40.4 Å². The largest absolute Gasteiger partial charge is 0.478 e. The van der Waals surface area contributed by atoms with E-state index in [9.17, 15) is 9.18 Å². The molecule has 0 aliphatic heterocycles. The Balaban J connectivity index is 1.50. The second kappa shape index (κ2) is 7.76. The van der Waals surface area contributed by atoms with Crippen LogP contribution in [-0.4, -0.2) is 36.0 Å². The second-order valence-corrected chi connectivity index (χ2v) is 7.08. The number of rotatable bonds is 6. The third-order valence-electron chi connectivity index (χ3n) is 3.95. The maximum Gasteiger partial charge on any atom is 0.335 e. The van der Waals surface area contributed by atoms with Crippen molar-refractivity contribution in [1.29, 1.82) is 0 Å². The van der Waals surface area contributed by atoms with E-state index in [1.54, 1.807) is 18.3 Å². The molecule has 4 rings (SSSR count). The zero-order valence-electron chi connectivity index (χ0n) is 15.1. The minimum Gasteiger partial charge on any atom is -0.478 e. The fraction of sp³-hybridized carbons (Fsp3) is 0.105. The van der Waals surface area contributed by atoms with Gasteiger partial charge < -0.3 is 9.84 Å². The predicted octanol–water partition coefficient (Wildman–Crippen LogP) is 3.51. The van der Waals surface area contributed by atoms with Crippen molar-refractivity contribution in [2.45, 2.75) is 13.5 Å². The van der Waals surface area contributed by atoms with Crippen molar-refractivity contribution >= 4 is 17.3 Å². The molecule has 29 heavy (non-hydrogen) atoms. The van der Waals surface area contributed by atoms with E-state index >= 15 is 0 Å². The molecule has 0 aliphatic rings. The van der Waals surface area contributed by atoms with Gasteiger partial charge in [0.05, 0.1) is 34.2 Å². The Morgan fingerprint density at radius 1 is 1.21 bits per heavy atom. The number of pyridine rings is 1. The van der Waals surface area contributed by atoms with Crippen molar-refractivity contribution in [2.24, 2.45) is 0 Å². The SMILES string of the molecule is Cc1nc(COc2ccc(F)cn2)sc1-c1cnn(-c2ccc(C(=O)O)cc2)n1. The summed E-state index contributed by atoms with van der Waals surface area (Å²) in [6.07, 6.45) is 2.72. The van der Waals surface area contributed by atoms with Crippen LogP contribution in [0.25, 0.3) is 16.3 Å². The van der Waals surface area contributed by atoms with Gasteiger partial charge in [-0.25, -0.2) is 19.2 Å². The Labute approximate surface area is 168 Å². The Bertz CT molecular complexity index is 1160. The number of carboxylic acid groups (broad SMARTS) is 1. The van der Waals surface area contributed by atoms with Gasteiger partial charge in [-0.15, -0.1) is 16.4 Å². The topological polar surface area (TPSA) is 103 Å². The summed E-state index contributed by atoms with van der Waals surface area (Å²) in [5, 5.41) is 18.4. The number of aromatic nitrogens is 5. The molecule has 0 spiro atoms. The lowest BCUT2D eigenvalue weighted by Gasteiger charge is -2.01. The maximum absolute atomic E-state index is 12.9. The zero-order valence-corrected chi connectivity index (χ0v) is 15.9. The van der Waals surface area contributed by atoms with Crippen molar-refractivity contribution < 1.29 is 19.0 Å². The third-order valence-corrected chi connectivity index (χ3v) is 5.11. The van der Waals surface area contributed by atoms with E-state index in [1.807, 2.05) is 6.92 Å². The van der Waals surface area contributed by atoms with Gasteiger partial charge in [-0.05, 0) is 37.3 Å². The number of carbonyl (C=O) groups is 1. The van der Waals surface area contributed by atoms with Gasteiger partial charge in [-0.1, -0.05) is 0 Å². The van der Waals surface area contributed by atoms with Crippen molar-refractivity contribution in [1.82, 2.24) is 25.0 Å². The summed E-state index contributed by atoms with van der Waals surface area (Å²) >= 11 is 1.42. The highest BCUT2D eigenvalue weighted by molar-refractivity contribution is 7.15. The summed E-state index contributed by atoms with van der Waals surface area (Å²) in [5.41, 5.74) is 2.27. The van der Waals surface area contributed by atoms with Crippen LogP contribution in [0.3, 0.4) is 0 Å². The number of carboxylic acids is 1. The molecule has 1 N–H and O–H groups in total. The molecule has 0 aliphatic carbocycles. The Morgan fingerprint density at radius 2 is 2.00 bits per heavy atom. The minimum atomic E-state index is -0.989. The molecule has 8 nitrogen and oxygen atoms in total. The fourth-order valence-electron chi connectivity index (χ4n) is 2.56. The summed E-state index contributed by atoms with van der Waals surface area (Å²) < 4.78 is 18.4. The third kappa shape index (κ3) is 4.11. The lowest BCUT2D eigenvalue weighted by Crippen LogP contribution is -2.01. The monoisotopic (exact) mass is 411 g/mol. The summed E-state index contributed by atoms with van der Waals surface area (Å²) in [5.74, 6) is -1.10. The Kier molecular flexibility index (Phi) is 5.00. The highest BCUT2D eigenvalue weighted by Crippen LogP contribution is 2.29. The average Bonchev–Trinajstić information content (AvgIpc) is 3.34. The molecule has 0 fully saturated rings. The van der Waals surface area contributed by atoms with Gasteiger partial charge in [0.25, 0.3) is 0 Å². The molecule has 1 aromatic carbocycles. The van der Waals surface area contributed by atoms with Crippen LogP contribution >= 0.6 is 11.3 Å². The van der Waals surface area contributed by atoms with E-state index < -0.39 is 11.8 Å². The van der Waals surface area contributed by atoms with E-state index in [2.05, 4.69) is 20.2 Å². The average molecular weight is 411 g/mol. The molecule has 4 aromatic rings. The first-order valence-corrected chi connectivity index (χ1v) is 9.28. The van der Waals surface area contributed by atoms with Crippen LogP contribution in [0.5, 0.6) is 5.88 Å². The molecule has 0 atom stereocenters. The van der Waals surface area contributed by atoms with Crippen LogP contribution < -0.4 is 4.74 Å². The van der Waals surface area contributed by atoms with Crippen LogP contribution in [-0.2, 0) is 6.61 Å². The number of thiazole rings is 1. The van der Waals surface area contributed by atoms with Crippen molar-refractivity contribution in [2.75, 3.05) is 0 Å². The van der Waals surface area contributed by atoms with Gasteiger partial charge in [-0.2, -0.15) is 9.90 Å². The quantitative estimate of drug-likeness (QED) is 0.518. The van der Waals surface area contributed by atoms with E-state index in [-0.39, 0.29) is 12.2 Å². The van der Waals surface area contributed by atoms with Crippen molar-refractivity contribution in [3.05, 3.63) is 70.9 Å². The molecule has 0 radical (unpaired) electrons. The summed E-state index contributed by atoms with van der Waals surface area (Å²) in [6, 6.07) is 9.01. The van der Waals surface area contributed by atoms with E-state index in [0.717, 1.165) is 21.8 Å². The molecule has 0 amide bonds. The molecule has 0 unspecified atom stereocenters. The zero-order chi connectivity index (χ0) is 20.4. The number of hydrogen-bond donors (Lipinski definition) is 1. The van der Waals surface area contributed by atoms with Crippen LogP contribution in [0.2, 0.25) is 0 Å². The predicted molar refractivity (Wildman–Crippen MR) is 103 cm³/mol. The lowest BCUT2D eigenvalue weighted by molar-refractivity contribution is 0.0697. The van der Waals surface area contributed by atoms with Crippen molar-refractivity contribution in [3.8, 4) is 22.1 Å². The number of aromatic carboxylic acids is 1. The highest BCUT2D eigenvalue weighted by atomic mass is 32.1. The van der Waals surface area contributed by atoms with Gasteiger partial charge >= 0.3 is 5.97 Å². The smallest absolute Gasteiger partial charge is 0.335 e. The Morgan fingerprint density at radius 3 is 2.69 bits per heavy atom. The maximum atomic E-state index is 12.9. The number of aryl methyl sites for hydroxylation is 1. The number of halogens is 1. The molecular formula is C19H14FN5O3S. The first kappa shape index (κ1) is 18.7. The van der Waals surface area contributed by atoms with Gasteiger partial charge in [0, 0.05) is 6.07 Å². The standard InChI is InChI=1S/C19H14FN5O3S/c1-11-18(29-17(23-11)10-28-16-7-4-13(20)8-21-16)15-9-22-25(24-15)14-5-2-12(3-6-14)19(26)27/h2-9H,10H2,1H3,(H,26,27). The number of nitrogens with zero attached hydrogens (tertiary/aromatic N) is 5. The van der Waals surface area contributed by atoms with E-state index in [4.69, 9.17) is 9.84 Å². The molecule has 146 valence electrons. The molecule has 0 saturated carbocycles. The lowest BCUT2D eigenvalue weighted by atomic mass is 10.2. The first-order chi connectivity index (χ1) is 14.0. The number of hydrogen-bond acceptors (Lipinski definition) is 7. The molecular weight excluding hydrogens is 397 g/mol. The molecule has 3 aromatic heterocycles. The first-order valence-electron chi connectivity index (χ1n) is 8.47. The Hall–Kier alpha value is -3.66. The highest BCUT2D eigenvalue weighted by Gasteiger charge is 2.14. The molecule has 10 heteroatoms. The molecule has 3 heterocycles. The normalized spacial score (nSPS) is 10.8. The van der Waals surface area contributed by atoms with E-state index in [0.29, 0.717) is 17.3 Å². The molecule has 0 bridgehead atoms. The number of ether oxygens (including phenoxy) is 1. The van der Waals surface area contributed by atoms with Crippen molar-refractivity contribution in [3.63, 3.8) is 0 Å². The summed E-state index contributed by atoms with van der Waals surface area (Å²) in [7, 11) is 0. The minimum absolute atomic E-state index is 0.194. The summed E-state index contributed by atoms with van der Waals surface area (Å²) in [4.78, 5) is 21.6. The molecule has 0 saturated heterocycles. The van der Waals surface area contributed by atoms with Crippen LogP contribution in [0.1, 0.15) is 21.1 Å². The van der Waals surface area contributed by atoms with Gasteiger partial charge in [0.15, 0.2) is 0 Å². The summed E-state index contributed by atoms with van der Waals surface area (Å²) in [6.45, 7) is 2.07.